The van der Waals surface area contributed by atoms with Crippen molar-refractivity contribution in [3.05, 3.63) is 54.6 Å². The van der Waals surface area contributed by atoms with Gasteiger partial charge in [0.2, 0.25) is 0 Å². The molecule has 0 aliphatic heterocycles. The number of benzene rings is 1. The van der Waals surface area contributed by atoms with Crippen LogP contribution < -0.4 is 5.32 Å². The van der Waals surface area contributed by atoms with E-state index in [4.69, 9.17) is 5.11 Å². The molecule has 0 bridgehead atoms. The molecule has 1 aromatic carbocycles. The quantitative estimate of drug-likeness (QED) is 0.775. The zero-order valence-corrected chi connectivity index (χ0v) is 10.7. The zero-order valence-electron chi connectivity index (χ0n) is 10.7. The molecule has 0 spiro atoms. The Labute approximate surface area is 103 Å². The van der Waals surface area contributed by atoms with Crippen molar-refractivity contribution in [2.75, 3.05) is 14.1 Å². The zero-order chi connectivity index (χ0) is 13.7. The average molecular weight is 235 g/mol. The largest absolute Gasteiger partial charge is 0.478 e. The molecule has 0 aliphatic carbocycles. The maximum atomic E-state index is 9.60. The van der Waals surface area contributed by atoms with Crippen LogP contribution in [-0.4, -0.2) is 25.2 Å². The van der Waals surface area contributed by atoms with Crippen LogP contribution in [0.15, 0.2) is 49.1 Å². The molecule has 3 heteroatoms. The minimum absolute atomic E-state index is 0.176. The first-order valence-electron chi connectivity index (χ1n) is 5.14. The van der Waals surface area contributed by atoms with Crippen molar-refractivity contribution in [3.63, 3.8) is 0 Å². The molecule has 2 N–H and O–H groups in total. The normalized spacial score (nSPS) is 7.71. The van der Waals surface area contributed by atoms with Crippen LogP contribution in [0.1, 0.15) is 12.5 Å². The van der Waals surface area contributed by atoms with Gasteiger partial charge in [-0.1, -0.05) is 49.6 Å². The Kier molecular flexibility index (Phi) is 12.6. The van der Waals surface area contributed by atoms with Crippen molar-refractivity contribution in [2.24, 2.45) is 0 Å². The summed E-state index contributed by atoms with van der Waals surface area (Å²) < 4.78 is 0. The summed E-state index contributed by atoms with van der Waals surface area (Å²) in [4.78, 5) is 9.60. The van der Waals surface area contributed by atoms with Crippen LogP contribution in [0.3, 0.4) is 0 Å². The van der Waals surface area contributed by atoms with Gasteiger partial charge in [0.1, 0.15) is 0 Å². The van der Waals surface area contributed by atoms with Gasteiger partial charge in [-0.05, 0) is 26.6 Å². The molecule has 0 heterocycles. The third kappa shape index (κ3) is 14.1. The van der Waals surface area contributed by atoms with E-state index in [1.54, 1.807) is 0 Å². The first-order valence-corrected chi connectivity index (χ1v) is 5.14. The number of aliphatic carboxylic acids is 1. The molecule has 0 saturated carbocycles. The van der Waals surface area contributed by atoms with E-state index in [9.17, 15) is 4.79 Å². The van der Waals surface area contributed by atoms with Gasteiger partial charge in [0, 0.05) is 5.57 Å². The molecule has 3 nitrogen and oxygen atoms in total. The smallest absolute Gasteiger partial charge is 0.330 e. The van der Waals surface area contributed by atoms with Gasteiger partial charge in [0.05, 0.1) is 0 Å². The van der Waals surface area contributed by atoms with Crippen molar-refractivity contribution >= 4 is 12.0 Å². The van der Waals surface area contributed by atoms with Crippen LogP contribution in [0, 0.1) is 0 Å². The minimum Gasteiger partial charge on any atom is -0.478 e. The number of carboxylic acid groups (broad SMARTS) is 1. The van der Waals surface area contributed by atoms with Crippen molar-refractivity contribution < 1.29 is 9.90 Å². The van der Waals surface area contributed by atoms with Gasteiger partial charge >= 0.3 is 5.97 Å². The van der Waals surface area contributed by atoms with Gasteiger partial charge in [-0.25, -0.2) is 4.79 Å². The fourth-order valence-electron chi connectivity index (χ4n) is 0.589. The van der Waals surface area contributed by atoms with Crippen LogP contribution in [0.5, 0.6) is 0 Å². The van der Waals surface area contributed by atoms with E-state index in [-0.39, 0.29) is 5.57 Å². The van der Waals surface area contributed by atoms with Gasteiger partial charge in [-0.2, -0.15) is 0 Å². The topological polar surface area (TPSA) is 49.3 Å². The maximum Gasteiger partial charge on any atom is 0.330 e. The first kappa shape index (κ1) is 17.5. The summed E-state index contributed by atoms with van der Waals surface area (Å²) in [7, 11) is 3.75. The Bertz CT molecular complexity index is 319. The van der Waals surface area contributed by atoms with Gasteiger partial charge in [-0.3, -0.25) is 0 Å². The highest BCUT2D eigenvalue weighted by Gasteiger charge is 1.90. The number of hydrogen-bond donors (Lipinski definition) is 2. The highest BCUT2D eigenvalue weighted by atomic mass is 16.4. The molecule has 0 aromatic heterocycles. The Morgan fingerprint density at radius 2 is 1.65 bits per heavy atom. The van der Waals surface area contributed by atoms with E-state index in [1.807, 2.05) is 50.5 Å². The third-order valence-corrected chi connectivity index (χ3v) is 1.40. The number of nitrogens with one attached hydrogen (secondary N) is 1. The lowest BCUT2D eigenvalue weighted by atomic mass is 10.2. The monoisotopic (exact) mass is 235 g/mol. The summed E-state index contributed by atoms with van der Waals surface area (Å²) in [5.41, 5.74) is 1.35. The Hall–Kier alpha value is -1.87. The molecule has 1 aromatic rings. The van der Waals surface area contributed by atoms with Crippen LogP contribution >= 0.6 is 0 Å². The number of rotatable bonds is 2. The van der Waals surface area contributed by atoms with Crippen molar-refractivity contribution in [1.29, 1.82) is 0 Å². The molecular weight excluding hydrogens is 214 g/mol. The Morgan fingerprint density at radius 3 is 1.82 bits per heavy atom. The molecule has 0 unspecified atom stereocenters. The van der Waals surface area contributed by atoms with Crippen LogP contribution in [0.4, 0.5) is 0 Å². The summed E-state index contributed by atoms with van der Waals surface area (Å²) in [5.74, 6) is -0.935. The fourth-order valence-corrected chi connectivity index (χ4v) is 0.589. The molecular formula is C14H21NO2. The second kappa shape index (κ2) is 12.2. The fraction of sp³-hybridized carbons (Fsp3) is 0.214. The molecule has 1 rings (SSSR count). The van der Waals surface area contributed by atoms with E-state index in [0.717, 1.165) is 0 Å². The lowest BCUT2D eigenvalue weighted by Crippen LogP contribution is -1.92. The summed E-state index contributed by atoms with van der Waals surface area (Å²) in [5, 5.41) is 10.6. The first-order chi connectivity index (χ1) is 7.99. The second-order valence-corrected chi connectivity index (χ2v) is 3.20. The number of carboxylic acids is 1. The second-order valence-electron chi connectivity index (χ2n) is 3.20. The van der Waals surface area contributed by atoms with Crippen LogP contribution in [-0.2, 0) is 4.79 Å². The van der Waals surface area contributed by atoms with E-state index in [1.165, 1.54) is 12.5 Å². The van der Waals surface area contributed by atoms with Gasteiger partial charge < -0.3 is 10.4 Å². The van der Waals surface area contributed by atoms with Gasteiger partial charge in [0.15, 0.2) is 0 Å². The summed E-state index contributed by atoms with van der Waals surface area (Å²) in [6.07, 6.45) is 1.83. The molecule has 0 aliphatic rings. The van der Waals surface area contributed by atoms with Crippen LogP contribution in [0.2, 0.25) is 0 Å². The van der Waals surface area contributed by atoms with Crippen molar-refractivity contribution in [2.45, 2.75) is 6.92 Å². The highest BCUT2D eigenvalue weighted by molar-refractivity contribution is 5.84. The van der Waals surface area contributed by atoms with Gasteiger partial charge in [0.25, 0.3) is 0 Å². The molecule has 0 fully saturated rings. The molecule has 94 valence electrons. The van der Waals surface area contributed by atoms with Crippen molar-refractivity contribution in [3.8, 4) is 0 Å². The van der Waals surface area contributed by atoms with Gasteiger partial charge in [-0.15, -0.1) is 0 Å². The highest BCUT2D eigenvalue weighted by Crippen LogP contribution is 1.97. The SMILES string of the molecule is C=C(C)C(=O)O.C=Cc1ccccc1.CNC. The van der Waals surface area contributed by atoms with Crippen LogP contribution in [0.25, 0.3) is 6.08 Å². The maximum absolute atomic E-state index is 9.60. The molecule has 0 radical (unpaired) electrons. The van der Waals surface area contributed by atoms with E-state index < -0.39 is 5.97 Å². The minimum atomic E-state index is -0.935. The summed E-state index contributed by atoms with van der Waals surface area (Å²) in [6.45, 7) is 8.23. The number of carbonyl (C=O) groups is 1. The molecule has 0 atom stereocenters. The third-order valence-electron chi connectivity index (χ3n) is 1.40. The molecule has 0 amide bonds. The standard InChI is InChI=1S/C8H8.C4H6O2.C2H7N/c1-2-8-6-4-3-5-7-8;1-3(2)4(5)6;1-3-2/h2-7H,1H2;1H2,2H3,(H,5,6);3H,1-2H3. The van der Waals surface area contributed by atoms with E-state index in [2.05, 4.69) is 18.5 Å². The Morgan fingerprint density at radius 1 is 1.29 bits per heavy atom. The van der Waals surface area contributed by atoms with E-state index >= 15 is 0 Å². The van der Waals surface area contributed by atoms with E-state index in [0.29, 0.717) is 0 Å². The summed E-state index contributed by atoms with van der Waals surface area (Å²) >= 11 is 0. The molecule has 0 saturated heterocycles. The number of hydrogen-bond acceptors (Lipinski definition) is 2. The predicted molar refractivity (Wildman–Crippen MR) is 74.0 cm³/mol. The summed E-state index contributed by atoms with van der Waals surface area (Å²) in [6, 6.07) is 10.0. The molecule has 17 heavy (non-hydrogen) atoms. The van der Waals surface area contributed by atoms with Crippen molar-refractivity contribution in [1.82, 2.24) is 5.32 Å². The lowest BCUT2D eigenvalue weighted by Gasteiger charge is -1.85. The average Bonchev–Trinajstić information content (AvgIpc) is 2.32. The Balaban J connectivity index is 0. The lowest BCUT2D eigenvalue weighted by molar-refractivity contribution is -0.132. The predicted octanol–water partition coefficient (Wildman–Crippen LogP) is 2.81.